The van der Waals surface area contributed by atoms with E-state index >= 15 is 0 Å². The molecular weight excluding hydrogens is 208 g/mol. The first-order chi connectivity index (χ1) is 7.65. The van der Waals surface area contributed by atoms with E-state index in [-0.39, 0.29) is 5.56 Å². The van der Waals surface area contributed by atoms with Crippen LogP contribution in [0.3, 0.4) is 0 Å². The van der Waals surface area contributed by atoms with Gasteiger partial charge in [0.15, 0.2) is 0 Å². The van der Waals surface area contributed by atoms with Gasteiger partial charge in [-0.25, -0.2) is 4.98 Å². The summed E-state index contributed by atoms with van der Waals surface area (Å²) in [5.41, 5.74) is 6.27. The Morgan fingerprint density at radius 1 is 1.56 bits per heavy atom. The Balaban J connectivity index is 2.10. The van der Waals surface area contributed by atoms with Crippen molar-refractivity contribution in [3.63, 3.8) is 0 Å². The molecule has 5 N–H and O–H groups in total. The van der Waals surface area contributed by atoms with Crippen molar-refractivity contribution in [3.05, 3.63) is 34.0 Å². The van der Waals surface area contributed by atoms with Crippen molar-refractivity contribution in [1.29, 1.82) is 0 Å². The van der Waals surface area contributed by atoms with Crippen LogP contribution in [-0.2, 0) is 6.54 Å². The number of H-pyrrole nitrogens is 2. The first-order valence-corrected chi connectivity index (χ1v) is 4.74. The minimum Gasteiger partial charge on any atom is -0.384 e. The van der Waals surface area contributed by atoms with Gasteiger partial charge in [-0.1, -0.05) is 0 Å². The van der Waals surface area contributed by atoms with E-state index in [0.29, 0.717) is 24.0 Å². The van der Waals surface area contributed by atoms with Crippen molar-refractivity contribution in [2.24, 2.45) is 0 Å². The van der Waals surface area contributed by atoms with Crippen LogP contribution in [0.2, 0.25) is 0 Å². The molecule has 2 heterocycles. The van der Waals surface area contributed by atoms with E-state index in [2.05, 4.69) is 25.5 Å². The summed E-state index contributed by atoms with van der Waals surface area (Å²) in [6.45, 7) is 2.19. The van der Waals surface area contributed by atoms with Gasteiger partial charge in [-0.3, -0.25) is 9.89 Å². The monoisotopic (exact) mass is 220 g/mol. The predicted molar refractivity (Wildman–Crippen MR) is 59.9 cm³/mol. The summed E-state index contributed by atoms with van der Waals surface area (Å²) >= 11 is 0. The Morgan fingerprint density at radius 2 is 2.38 bits per heavy atom. The van der Waals surface area contributed by atoms with E-state index in [9.17, 15) is 4.79 Å². The van der Waals surface area contributed by atoms with Crippen molar-refractivity contribution in [2.75, 3.05) is 11.1 Å². The number of aromatic amines is 2. The molecule has 0 fully saturated rings. The number of nitrogens with one attached hydrogen (secondary N) is 3. The number of anilines is 2. The van der Waals surface area contributed by atoms with Gasteiger partial charge >= 0.3 is 0 Å². The lowest BCUT2D eigenvalue weighted by molar-refractivity contribution is 0.998. The molecule has 0 aliphatic heterocycles. The fourth-order valence-electron chi connectivity index (χ4n) is 1.32. The van der Waals surface area contributed by atoms with Gasteiger partial charge in [-0.05, 0) is 6.92 Å². The molecule has 0 amide bonds. The third kappa shape index (κ3) is 2.19. The number of nitrogens with two attached hydrogens (primary N) is 1. The molecule has 0 aliphatic rings. The van der Waals surface area contributed by atoms with E-state index < -0.39 is 0 Å². The standard InChI is InChI=1S/C9H12N6O/c1-5-13-7(2-8(16)14-5)11-3-6-4-12-15-9(6)10/h2,4H,3H2,1H3,(H3,10,12,15)(H2,11,13,14,16). The number of rotatable bonds is 3. The second kappa shape index (κ2) is 4.05. The molecule has 0 unspecified atom stereocenters. The molecule has 0 bridgehead atoms. The Kier molecular flexibility index (Phi) is 2.59. The van der Waals surface area contributed by atoms with Gasteiger partial charge < -0.3 is 16.0 Å². The third-order valence-corrected chi connectivity index (χ3v) is 2.07. The summed E-state index contributed by atoms with van der Waals surface area (Å²) < 4.78 is 0. The topological polar surface area (TPSA) is 112 Å². The maximum Gasteiger partial charge on any atom is 0.252 e. The summed E-state index contributed by atoms with van der Waals surface area (Å²) in [6, 6.07) is 1.39. The predicted octanol–water partition coefficient (Wildman–Crippen LogP) is -0.00428. The van der Waals surface area contributed by atoms with Crippen LogP contribution in [0.15, 0.2) is 17.1 Å². The van der Waals surface area contributed by atoms with Crippen LogP contribution in [0, 0.1) is 6.92 Å². The largest absolute Gasteiger partial charge is 0.384 e. The second-order valence-electron chi connectivity index (χ2n) is 3.38. The highest BCUT2D eigenvalue weighted by Gasteiger charge is 2.02. The Bertz CT molecular complexity index is 543. The van der Waals surface area contributed by atoms with E-state index in [4.69, 9.17) is 5.73 Å². The van der Waals surface area contributed by atoms with Gasteiger partial charge in [0.05, 0.1) is 6.20 Å². The van der Waals surface area contributed by atoms with Gasteiger partial charge in [0.1, 0.15) is 17.5 Å². The lowest BCUT2D eigenvalue weighted by atomic mass is 10.3. The smallest absolute Gasteiger partial charge is 0.252 e. The maximum absolute atomic E-state index is 11.2. The SMILES string of the molecule is Cc1nc(NCc2cn[nH]c2N)cc(=O)[nH]1. The molecule has 0 radical (unpaired) electrons. The number of aromatic nitrogens is 4. The fraction of sp³-hybridized carbons (Fsp3) is 0.222. The minimum absolute atomic E-state index is 0.185. The van der Waals surface area contributed by atoms with Gasteiger partial charge in [0.2, 0.25) is 0 Å². The van der Waals surface area contributed by atoms with Crippen LogP contribution in [0.5, 0.6) is 0 Å². The summed E-state index contributed by atoms with van der Waals surface area (Å²) in [5.74, 6) is 1.59. The van der Waals surface area contributed by atoms with Gasteiger partial charge in [0.25, 0.3) is 5.56 Å². The highest BCUT2D eigenvalue weighted by atomic mass is 16.1. The molecule has 84 valence electrons. The van der Waals surface area contributed by atoms with Crippen LogP contribution in [0.1, 0.15) is 11.4 Å². The van der Waals surface area contributed by atoms with Crippen LogP contribution < -0.4 is 16.6 Å². The molecule has 2 aromatic rings. The number of nitrogen functional groups attached to an aromatic ring is 1. The maximum atomic E-state index is 11.2. The molecule has 0 saturated carbocycles. The van der Waals surface area contributed by atoms with Crippen LogP contribution in [-0.4, -0.2) is 20.2 Å². The van der Waals surface area contributed by atoms with E-state index in [1.165, 1.54) is 6.07 Å². The highest BCUT2D eigenvalue weighted by molar-refractivity contribution is 5.41. The average molecular weight is 220 g/mol. The van der Waals surface area contributed by atoms with Gasteiger partial charge in [-0.15, -0.1) is 0 Å². The molecule has 0 aromatic carbocycles. The Labute approximate surface area is 91.1 Å². The zero-order valence-corrected chi connectivity index (χ0v) is 8.74. The van der Waals surface area contributed by atoms with Crippen molar-refractivity contribution in [3.8, 4) is 0 Å². The summed E-state index contributed by atoms with van der Waals surface area (Å²) in [6.07, 6.45) is 1.63. The van der Waals surface area contributed by atoms with E-state index in [1.54, 1.807) is 13.1 Å². The first kappa shape index (κ1) is 10.2. The van der Waals surface area contributed by atoms with E-state index in [0.717, 1.165) is 5.56 Å². The van der Waals surface area contributed by atoms with Gasteiger partial charge in [-0.2, -0.15) is 5.10 Å². The molecule has 2 rings (SSSR count). The van der Waals surface area contributed by atoms with E-state index in [1.807, 2.05) is 0 Å². The Morgan fingerprint density at radius 3 is 3.00 bits per heavy atom. The molecule has 16 heavy (non-hydrogen) atoms. The van der Waals surface area contributed by atoms with Crippen molar-refractivity contribution >= 4 is 11.6 Å². The van der Waals surface area contributed by atoms with Crippen LogP contribution in [0.4, 0.5) is 11.6 Å². The number of nitrogens with zero attached hydrogens (tertiary/aromatic N) is 2. The summed E-state index contributed by atoms with van der Waals surface area (Å²) in [4.78, 5) is 17.9. The minimum atomic E-state index is -0.185. The molecule has 0 aliphatic carbocycles. The molecule has 0 atom stereocenters. The normalized spacial score (nSPS) is 10.3. The zero-order chi connectivity index (χ0) is 11.5. The van der Waals surface area contributed by atoms with Gasteiger partial charge in [0, 0.05) is 18.2 Å². The fourth-order valence-corrected chi connectivity index (χ4v) is 1.32. The summed E-state index contributed by atoms with van der Waals surface area (Å²) in [7, 11) is 0. The van der Waals surface area contributed by atoms with Crippen molar-refractivity contribution in [1.82, 2.24) is 20.2 Å². The first-order valence-electron chi connectivity index (χ1n) is 4.74. The molecule has 2 aromatic heterocycles. The summed E-state index contributed by atoms with van der Waals surface area (Å²) in [5, 5.41) is 9.42. The average Bonchev–Trinajstić information content (AvgIpc) is 2.59. The van der Waals surface area contributed by atoms with Crippen LogP contribution in [0.25, 0.3) is 0 Å². The lowest BCUT2D eigenvalue weighted by Gasteiger charge is -2.04. The number of aryl methyl sites for hydroxylation is 1. The quantitative estimate of drug-likeness (QED) is 0.581. The van der Waals surface area contributed by atoms with Crippen molar-refractivity contribution in [2.45, 2.75) is 13.5 Å². The molecule has 0 spiro atoms. The third-order valence-electron chi connectivity index (χ3n) is 2.07. The van der Waals surface area contributed by atoms with Crippen LogP contribution >= 0.6 is 0 Å². The molecule has 7 nitrogen and oxygen atoms in total. The zero-order valence-electron chi connectivity index (χ0n) is 8.74. The number of hydrogen-bond donors (Lipinski definition) is 4. The number of hydrogen-bond acceptors (Lipinski definition) is 5. The molecule has 7 heteroatoms. The lowest BCUT2D eigenvalue weighted by Crippen LogP contribution is -2.12. The Hall–Kier alpha value is -2.31. The second-order valence-corrected chi connectivity index (χ2v) is 3.38. The van der Waals surface area contributed by atoms with Crippen molar-refractivity contribution < 1.29 is 0 Å². The molecular formula is C9H12N6O. The highest BCUT2D eigenvalue weighted by Crippen LogP contribution is 2.08. The molecule has 0 saturated heterocycles.